The van der Waals surface area contributed by atoms with E-state index in [9.17, 15) is 9.59 Å². The number of rotatable bonds is 5. The fourth-order valence-electron chi connectivity index (χ4n) is 1.51. The molecule has 104 valence electrons. The number of hydrogen-bond acceptors (Lipinski definition) is 4. The number of ether oxygens (including phenoxy) is 1. The molecule has 0 spiro atoms. The summed E-state index contributed by atoms with van der Waals surface area (Å²) in [7, 11) is 0. The number of carboxylic acid groups (broad SMARTS) is 1. The van der Waals surface area contributed by atoms with E-state index in [1.807, 2.05) is 0 Å². The van der Waals surface area contributed by atoms with E-state index in [-0.39, 0.29) is 5.56 Å². The van der Waals surface area contributed by atoms with Crippen molar-refractivity contribution in [2.24, 2.45) is 0 Å². The highest BCUT2D eigenvalue weighted by atomic mass is 35.5. The van der Waals surface area contributed by atoms with Crippen LogP contribution in [0.2, 0.25) is 5.02 Å². The highest BCUT2D eigenvalue weighted by molar-refractivity contribution is 6.30. The van der Waals surface area contributed by atoms with Gasteiger partial charge in [0.15, 0.2) is 0 Å². The second kappa shape index (κ2) is 6.21. The molecule has 1 aromatic heterocycles. The lowest BCUT2D eigenvalue weighted by atomic mass is 10.3. The van der Waals surface area contributed by atoms with Crippen molar-refractivity contribution in [2.75, 3.05) is 6.61 Å². The van der Waals surface area contributed by atoms with Crippen molar-refractivity contribution in [1.29, 1.82) is 0 Å². The molecule has 2 N–H and O–H groups in total. The first kappa shape index (κ1) is 14.1. The highest BCUT2D eigenvalue weighted by Crippen LogP contribution is 2.15. The van der Waals surface area contributed by atoms with Crippen LogP contribution in [-0.2, 0) is 6.42 Å². The first-order chi connectivity index (χ1) is 9.56. The lowest BCUT2D eigenvalue weighted by molar-refractivity contribution is 0.0694. The zero-order chi connectivity index (χ0) is 14.5. The Hall–Kier alpha value is -2.34. The molecule has 1 heterocycles. The van der Waals surface area contributed by atoms with Crippen LogP contribution in [0, 0.1) is 0 Å². The van der Waals surface area contributed by atoms with Crippen molar-refractivity contribution in [3.63, 3.8) is 0 Å². The molecule has 2 aromatic rings. The number of carbonyl (C=O) groups is 1. The third-order valence-corrected chi connectivity index (χ3v) is 2.76. The maximum atomic E-state index is 11.4. The quantitative estimate of drug-likeness (QED) is 0.876. The number of H-pyrrole nitrogens is 1. The molecule has 0 atom stereocenters. The molecule has 0 saturated heterocycles. The van der Waals surface area contributed by atoms with Crippen LogP contribution in [0.4, 0.5) is 0 Å². The van der Waals surface area contributed by atoms with E-state index < -0.39 is 11.5 Å². The second-order valence-corrected chi connectivity index (χ2v) is 4.37. The fourth-order valence-corrected chi connectivity index (χ4v) is 1.63. The van der Waals surface area contributed by atoms with Crippen LogP contribution in [0.25, 0.3) is 0 Å². The van der Waals surface area contributed by atoms with Gasteiger partial charge in [-0.3, -0.25) is 4.79 Å². The zero-order valence-electron chi connectivity index (χ0n) is 10.3. The topological polar surface area (TPSA) is 92.3 Å². The lowest BCUT2D eigenvalue weighted by Crippen LogP contribution is -2.21. The number of hydrogen-bond donors (Lipinski definition) is 2. The molecule has 2 rings (SSSR count). The second-order valence-electron chi connectivity index (χ2n) is 3.93. The average molecular weight is 295 g/mol. The van der Waals surface area contributed by atoms with Gasteiger partial charge >= 0.3 is 5.97 Å². The minimum atomic E-state index is -1.30. The van der Waals surface area contributed by atoms with E-state index in [4.69, 9.17) is 21.4 Å². The number of aromatic nitrogens is 2. The Balaban J connectivity index is 1.94. The van der Waals surface area contributed by atoms with Gasteiger partial charge in [-0.05, 0) is 24.3 Å². The maximum absolute atomic E-state index is 11.4. The van der Waals surface area contributed by atoms with Gasteiger partial charge in [-0.1, -0.05) is 11.6 Å². The van der Waals surface area contributed by atoms with Crippen molar-refractivity contribution in [3.05, 3.63) is 57.2 Å². The maximum Gasteiger partial charge on any atom is 0.342 e. The number of nitrogens with one attached hydrogen (secondary N) is 1. The van der Waals surface area contributed by atoms with E-state index in [1.165, 1.54) is 0 Å². The van der Waals surface area contributed by atoms with Gasteiger partial charge in [-0.25, -0.2) is 9.78 Å². The fraction of sp³-hybridized carbons (Fsp3) is 0.154. The smallest absolute Gasteiger partial charge is 0.342 e. The highest BCUT2D eigenvalue weighted by Gasteiger charge is 2.09. The monoisotopic (exact) mass is 294 g/mol. The third-order valence-electron chi connectivity index (χ3n) is 2.50. The molecule has 1 aromatic carbocycles. The van der Waals surface area contributed by atoms with Gasteiger partial charge in [-0.15, -0.1) is 0 Å². The number of benzene rings is 1. The van der Waals surface area contributed by atoms with Gasteiger partial charge in [-0.2, -0.15) is 0 Å². The first-order valence-corrected chi connectivity index (χ1v) is 6.14. The molecular weight excluding hydrogens is 284 g/mol. The number of nitrogens with zero attached hydrogens (tertiary/aromatic N) is 1. The standard InChI is InChI=1S/C13H11ClN2O4/c14-8-1-3-9(4-2-8)20-6-5-11-15-7-10(13(18)19)12(17)16-11/h1-4,7H,5-6H2,(H,18,19)(H,15,16,17). The average Bonchev–Trinajstić information content (AvgIpc) is 2.41. The van der Waals surface area contributed by atoms with Gasteiger partial charge in [0.1, 0.15) is 17.1 Å². The van der Waals surface area contributed by atoms with Crippen LogP contribution in [0.5, 0.6) is 5.75 Å². The Morgan fingerprint density at radius 2 is 2.05 bits per heavy atom. The first-order valence-electron chi connectivity index (χ1n) is 5.76. The summed E-state index contributed by atoms with van der Waals surface area (Å²) in [5, 5.41) is 9.33. The lowest BCUT2D eigenvalue weighted by Gasteiger charge is -2.05. The van der Waals surface area contributed by atoms with E-state index in [1.54, 1.807) is 24.3 Å². The Labute approximate surface area is 119 Å². The summed E-state index contributed by atoms with van der Waals surface area (Å²) in [6.45, 7) is 0.303. The molecular formula is C13H11ClN2O4. The molecule has 6 nitrogen and oxygen atoms in total. The summed E-state index contributed by atoms with van der Waals surface area (Å²) in [5.41, 5.74) is -1.05. The molecule has 7 heteroatoms. The van der Waals surface area contributed by atoms with E-state index in [2.05, 4.69) is 9.97 Å². The Kier molecular flexibility index (Phi) is 4.37. The molecule has 20 heavy (non-hydrogen) atoms. The van der Waals surface area contributed by atoms with Crippen LogP contribution < -0.4 is 10.3 Å². The van der Waals surface area contributed by atoms with Crippen molar-refractivity contribution in [1.82, 2.24) is 9.97 Å². The van der Waals surface area contributed by atoms with E-state index in [0.717, 1.165) is 6.20 Å². The predicted molar refractivity (Wildman–Crippen MR) is 72.5 cm³/mol. The van der Waals surface area contributed by atoms with Crippen molar-refractivity contribution in [3.8, 4) is 5.75 Å². The van der Waals surface area contributed by atoms with Gasteiger partial charge in [0, 0.05) is 17.6 Å². The summed E-state index contributed by atoms with van der Waals surface area (Å²) in [4.78, 5) is 28.4. The molecule has 0 aliphatic carbocycles. The molecule has 0 aliphatic heterocycles. The van der Waals surface area contributed by atoms with Crippen LogP contribution in [0.1, 0.15) is 16.2 Å². The Bertz CT molecular complexity index is 667. The van der Waals surface area contributed by atoms with Crippen LogP contribution in [0.15, 0.2) is 35.3 Å². The van der Waals surface area contributed by atoms with Gasteiger partial charge in [0.25, 0.3) is 5.56 Å². The van der Waals surface area contributed by atoms with Gasteiger partial charge in [0.2, 0.25) is 0 Å². The molecule has 0 aliphatic rings. The molecule has 0 bridgehead atoms. The summed E-state index contributed by atoms with van der Waals surface area (Å²) in [6, 6.07) is 6.87. The summed E-state index contributed by atoms with van der Waals surface area (Å²) >= 11 is 5.75. The summed E-state index contributed by atoms with van der Waals surface area (Å²) in [5.74, 6) is -0.282. The van der Waals surface area contributed by atoms with Gasteiger partial charge < -0.3 is 14.8 Å². The molecule has 0 radical (unpaired) electrons. The van der Waals surface area contributed by atoms with Crippen LogP contribution in [0.3, 0.4) is 0 Å². The largest absolute Gasteiger partial charge is 0.493 e. The minimum absolute atomic E-state index is 0.303. The number of carboxylic acids is 1. The predicted octanol–water partition coefficient (Wildman–Crippen LogP) is 1.74. The molecule has 0 unspecified atom stereocenters. The summed E-state index contributed by atoms with van der Waals surface area (Å²) < 4.78 is 5.45. The normalized spacial score (nSPS) is 10.2. The van der Waals surface area contributed by atoms with E-state index in [0.29, 0.717) is 29.6 Å². The molecule has 0 saturated carbocycles. The summed E-state index contributed by atoms with van der Waals surface area (Å²) in [6.07, 6.45) is 1.40. The number of aromatic carboxylic acids is 1. The Morgan fingerprint density at radius 1 is 1.35 bits per heavy atom. The number of halogens is 1. The Morgan fingerprint density at radius 3 is 2.65 bits per heavy atom. The molecule has 0 fully saturated rings. The number of aromatic amines is 1. The van der Waals surface area contributed by atoms with Gasteiger partial charge in [0.05, 0.1) is 6.61 Å². The van der Waals surface area contributed by atoms with E-state index >= 15 is 0 Å². The minimum Gasteiger partial charge on any atom is -0.493 e. The van der Waals surface area contributed by atoms with Crippen molar-refractivity contribution >= 4 is 17.6 Å². The zero-order valence-corrected chi connectivity index (χ0v) is 11.1. The SMILES string of the molecule is O=C(O)c1cnc(CCOc2ccc(Cl)cc2)[nH]c1=O. The van der Waals surface area contributed by atoms with Crippen LogP contribution >= 0.6 is 11.6 Å². The van der Waals surface area contributed by atoms with Crippen molar-refractivity contribution < 1.29 is 14.6 Å². The third kappa shape index (κ3) is 3.58. The van der Waals surface area contributed by atoms with Crippen LogP contribution in [-0.4, -0.2) is 27.7 Å². The van der Waals surface area contributed by atoms with Crippen molar-refractivity contribution in [2.45, 2.75) is 6.42 Å². The molecule has 0 amide bonds.